The maximum Gasteiger partial charge on any atom is 0.338 e. The summed E-state index contributed by atoms with van der Waals surface area (Å²) < 4.78 is 4.92. The van der Waals surface area contributed by atoms with Crippen LogP contribution in [0.2, 0.25) is 0 Å². The molecule has 0 saturated carbocycles. The van der Waals surface area contributed by atoms with Crippen molar-refractivity contribution in [1.82, 2.24) is 0 Å². The number of hydrogen-bond donors (Lipinski definition) is 3. The Balaban J connectivity index is 2.06. The Morgan fingerprint density at radius 2 is 1.52 bits per heavy atom. The molecular weight excluding hydrogens is 410 g/mol. The van der Waals surface area contributed by atoms with Gasteiger partial charge in [-0.25, -0.2) is 4.79 Å². The van der Waals surface area contributed by atoms with Crippen LogP contribution in [0.1, 0.15) is 68.1 Å². The Kier molecular flexibility index (Phi) is 14.1. The Morgan fingerprint density at radius 3 is 2.07 bits per heavy atom. The van der Waals surface area contributed by atoms with Crippen molar-refractivity contribution in [3.63, 3.8) is 0 Å². The molecule has 0 bridgehead atoms. The quantitative estimate of drug-likeness (QED) is 0.199. The highest BCUT2D eigenvalue weighted by Crippen LogP contribution is 2.13. The van der Waals surface area contributed by atoms with Crippen LogP contribution in [-0.2, 0) is 4.74 Å². The predicted molar refractivity (Wildman–Crippen MR) is 114 cm³/mol. The highest BCUT2D eigenvalue weighted by molar-refractivity contribution is 9.09. The average molecular weight is 444 g/mol. The van der Waals surface area contributed by atoms with Crippen LogP contribution in [0, 0.1) is 0 Å². The van der Waals surface area contributed by atoms with E-state index in [-0.39, 0.29) is 6.61 Å². The molecular formula is C21H34BrNO4. The van der Waals surface area contributed by atoms with Gasteiger partial charge >= 0.3 is 5.97 Å². The van der Waals surface area contributed by atoms with E-state index in [9.17, 15) is 9.90 Å². The molecule has 6 heteroatoms. The van der Waals surface area contributed by atoms with E-state index < -0.39 is 18.7 Å². The number of aliphatic hydroxyl groups excluding tert-OH is 2. The fourth-order valence-corrected chi connectivity index (χ4v) is 3.12. The van der Waals surface area contributed by atoms with E-state index in [0.29, 0.717) is 5.56 Å². The minimum atomic E-state index is -1.03. The second kappa shape index (κ2) is 15.9. The molecule has 0 fully saturated rings. The number of hydrogen-bond acceptors (Lipinski definition) is 5. The summed E-state index contributed by atoms with van der Waals surface area (Å²) in [4.78, 5) is 11.8. The van der Waals surface area contributed by atoms with Crippen LogP contribution in [0.5, 0.6) is 0 Å². The summed E-state index contributed by atoms with van der Waals surface area (Å²) in [6, 6.07) is 7.11. The van der Waals surface area contributed by atoms with Crippen LogP contribution in [-0.4, -0.2) is 47.4 Å². The summed E-state index contributed by atoms with van der Waals surface area (Å²) in [5, 5.41) is 22.4. The summed E-state index contributed by atoms with van der Waals surface area (Å²) in [7, 11) is 0. The largest absolute Gasteiger partial charge is 0.459 e. The predicted octanol–water partition coefficient (Wildman–Crippen LogP) is 4.51. The topological polar surface area (TPSA) is 78.8 Å². The Bertz CT molecular complexity index is 495. The SMILES string of the molecule is O=C(OCC(O)CO)c1ccc(NCCCCCCCCCCCBr)cc1. The number of ether oxygens (including phenoxy) is 1. The van der Waals surface area contributed by atoms with Gasteiger partial charge in [0.2, 0.25) is 0 Å². The smallest absolute Gasteiger partial charge is 0.338 e. The molecule has 1 rings (SSSR count). The third-order valence-corrected chi connectivity index (χ3v) is 4.94. The Hall–Kier alpha value is -1.11. The molecule has 0 aliphatic heterocycles. The number of halogens is 1. The van der Waals surface area contributed by atoms with E-state index in [1.54, 1.807) is 12.1 Å². The fourth-order valence-electron chi connectivity index (χ4n) is 2.72. The van der Waals surface area contributed by atoms with Crippen LogP contribution in [0.4, 0.5) is 5.69 Å². The summed E-state index contributed by atoms with van der Waals surface area (Å²) in [5.74, 6) is -0.499. The van der Waals surface area contributed by atoms with E-state index in [2.05, 4.69) is 21.2 Å². The summed E-state index contributed by atoms with van der Waals surface area (Å²) >= 11 is 3.47. The van der Waals surface area contributed by atoms with Crippen molar-refractivity contribution in [1.29, 1.82) is 0 Å². The van der Waals surface area contributed by atoms with E-state index in [1.807, 2.05) is 12.1 Å². The van der Waals surface area contributed by atoms with Gasteiger partial charge in [-0.1, -0.05) is 60.9 Å². The lowest BCUT2D eigenvalue weighted by atomic mass is 10.1. The minimum Gasteiger partial charge on any atom is -0.459 e. The number of alkyl halides is 1. The maximum atomic E-state index is 11.8. The zero-order valence-electron chi connectivity index (χ0n) is 16.2. The van der Waals surface area contributed by atoms with Crippen molar-refractivity contribution in [3.8, 4) is 0 Å². The molecule has 0 amide bonds. The first kappa shape index (κ1) is 23.9. The lowest BCUT2D eigenvalue weighted by Gasteiger charge is -2.10. The third kappa shape index (κ3) is 12.1. The van der Waals surface area contributed by atoms with Crippen molar-refractivity contribution in [3.05, 3.63) is 29.8 Å². The second-order valence-corrected chi connectivity index (χ2v) is 7.60. The normalized spacial score (nSPS) is 12.0. The molecule has 154 valence electrons. The van der Waals surface area contributed by atoms with Gasteiger partial charge in [-0.2, -0.15) is 0 Å². The first-order chi connectivity index (χ1) is 13.2. The molecule has 1 atom stereocenters. The maximum absolute atomic E-state index is 11.8. The number of unbranched alkanes of at least 4 members (excludes halogenated alkanes) is 8. The van der Waals surface area contributed by atoms with Gasteiger partial charge in [0.1, 0.15) is 12.7 Å². The molecule has 0 spiro atoms. The van der Waals surface area contributed by atoms with Crippen molar-refractivity contribution in [2.75, 3.05) is 30.4 Å². The first-order valence-electron chi connectivity index (χ1n) is 10.0. The van der Waals surface area contributed by atoms with Gasteiger partial charge in [0.25, 0.3) is 0 Å². The molecule has 0 aliphatic rings. The molecule has 0 heterocycles. The van der Waals surface area contributed by atoms with Gasteiger partial charge < -0.3 is 20.3 Å². The molecule has 3 N–H and O–H groups in total. The fraction of sp³-hybridized carbons (Fsp3) is 0.667. The standard InChI is InChI=1S/C21H34BrNO4/c22-14-8-6-4-2-1-3-5-7-9-15-23-19-12-10-18(11-13-19)21(26)27-17-20(25)16-24/h10-13,20,23-25H,1-9,14-17H2. The molecule has 1 aromatic rings. The first-order valence-corrected chi connectivity index (χ1v) is 11.2. The van der Waals surface area contributed by atoms with Crippen LogP contribution in [0.25, 0.3) is 0 Å². The number of nitrogens with one attached hydrogen (secondary N) is 1. The number of carbonyl (C=O) groups excluding carboxylic acids is 1. The van der Waals surface area contributed by atoms with Gasteiger partial charge in [0.05, 0.1) is 12.2 Å². The van der Waals surface area contributed by atoms with Gasteiger partial charge in [0, 0.05) is 17.6 Å². The number of esters is 1. The van der Waals surface area contributed by atoms with Gasteiger partial charge in [0.15, 0.2) is 0 Å². The number of benzene rings is 1. The molecule has 0 saturated heterocycles. The molecule has 27 heavy (non-hydrogen) atoms. The zero-order valence-corrected chi connectivity index (χ0v) is 17.8. The van der Waals surface area contributed by atoms with Crippen LogP contribution in [0.3, 0.4) is 0 Å². The van der Waals surface area contributed by atoms with Crippen LogP contribution < -0.4 is 5.32 Å². The van der Waals surface area contributed by atoms with E-state index in [4.69, 9.17) is 9.84 Å². The molecule has 0 aliphatic carbocycles. The summed E-state index contributed by atoms with van der Waals surface area (Å²) in [5.41, 5.74) is 1.41. The molecule has 0 aromatic heterocycles. The van der Waals surface area contributed by atoms with Crippen molar-refractivity contribution in [2.24, 2.45) is 0 Å². The van der Waals surface area contributed by atoms with Gasteiger partial charge in [-0.15, -0.1) is 0 Å². The zero-order chi connectivity index (χ0) is 19.7. The van der Waals surface area contributed by atoms with Gasteiger partial charge in [-0.05, 0) is 37.1 Å². The summed E-state index contributed by atoms with van der Waals surface area (Å²) in [6.45, 7) is 0.303. The molecule has 5 nitrogen and oxygen atoms in total. The van der Waals surface area contributed by atoms with E-state index in [0.717, 1.165) is 24.0 Å². The minimum absolute atomic E-state index is 0.202. The van der Waals surface area contributed by atoms with Crippen LogP contribution in [0.15, 0.2) is 24.3 Å². The average Bonchev–Trinajstić information content (AvgIpc) is 2.70. The molecule has 1 unspecified atom stereocenters. The highest BCUT2D eigenvalue weighted by Gasteiger charge is 2.10. The Labute approximate surface area is 171 Å². The second-order valence-electron chi connectivity index (χ2n) is 6.81. The van der Waals surface area contributed by atoms with E-state index >= 15 is 0 Å². The number of aliphatic hydroxyl groups is 2. The van der Waals surface area contributed by atoms with Crippen LogP contribution >= 0.6 is 15.9 Å². The lowest BCUT2D eigenvalue weighted by Crippen LogP contribution is -2.21. The molecule has 1 aromatic carbocycles. The lowest BCUT2D eigenvalue weighted by molar-refractivity contribution is 0.00933. The van der Waals surface area contributed by atoms with Crippen molar-refractivity contribution >= 4 is 27.6 Å². The number of anilines is 1. The number of carbonyl (C=O) groups is 1. The van der Waals surface area contributed by atoms with E-state index in [1.165, 1.54) is 51.4 Å². The van der Waals surface area contributed by atoms with Crippen molar-refractivity contribution in [2.45, 2.75) is 63.9 Å². The molecule has 0 radical (unpaired) electrons. The Morgan fingerprint density at radius 1 is 0.963 bits per heavy atom. The monoisotopic (exact) mass is 443 g/mol. The summed E-state index contributed by atoms with van der Waals surface area (Å²) in [6.07, 6.45) is 10.7. The third-order valence-electron chi connectivity index (χ3n) is 4.38. The van der Waals surface area contributed by atoms with Crippen molar-refractivity contribution < 1.29 is 19.7 Å². The highest BCUT2D eigenvalue weighted by atomic mass is 79.9. The van der Waals surface area contributed by atoms with Gasteiger partial charge in [-0.3, -0.25) is 0 Å². The number of rotatable bonds is 16.